The van der Waals surface area contributed by atoms with E-state index in [-0.39, 0.29) is 21.9 Å². The van der Waals surface area contributed by atoms with Crippen LogP contribution in [-0.4, -0.2) is 15.6 Å². The summed E-state index contributed by atoms with van der Waals surface area (Å²) in [5.74, 6) is -1.09. The SMILES string of the molecule is O=C([O-])n1c(-c2ccc(F)cc2C(F)(F)F)cc2ccc(Cl)nc21. The van der Waals surface area contributed by atoms with Gasteiger partial charge in [-0.3, -0.25) is 4.57 Å². The van der Waals surface area contributed by atoms with Gasteiger partial charge in [-0.05, 0) is 36.4 Å². The zero-order chi connectivity index (χ0) is 17.6. The molecule has 0 aliphatic carbocycles. The standard InChI is InChI=1S/C15H7ClF4N2O2/c16-12-4-1-7-5-11(22(14(23)24)13(7)21-12)9-3-2-8(17)6-10(9)15(18,19)20/h1-6H,(H,23,24)/p-1. The molecule has 0 saturated heterocycles. The summed E-state index contributed by atoms with van der Waals surface area (Å²) in [7, 11) is 0. The second-order valence-corrected chi connectivity index (χ2v) is 5.25. The molecule has 0 aliphatic heterocycles. The Hall–Kier alpha value is -2.61. The van der Waals surface area contributed by atoms with Crippen LogP contribution in [0, 0.1) is 5.82 Å². The smallest absolute Gasteiger partial charge is 0.417 e. The van der Waals surface area contributed by atoms with E-state index in [0.717, 1.165) is 12.1 Å². The summed E-state index contributed by atoms with van der Waals surface area (Å²) >= 11 is 5.71. The third-order valence-corrected chi connectivity index (χ3v) is 3.57. The highest BCUT2D eigenvalue weighted by atomic mass is 35.5. The number of hydrogen-bond acceptors (Lipinski definition) is 3. The molecule has 3 rings (SSSR count). The second-order valence-electron chi connectivity index (χ2n) is 4.87. The van der Waals surface area contributed by atoms with E-state index in [1.807, 2.05) is 0 Å². The minimum atomic E-state index is -4.88. The molecule has 0 fully saturated rings. The third-order valence-electron chi connectivity index (χ3n) is 3.36. The van der Waals surface area contributed by atoms with Gasteiger partial charge in [-0.2, -0.15) is 13.2 Å². The molecule has 0 spiro atoms. The average Bonchev–Trinajstić information content (AvgIpc) is 2.84. The molecule has 1 aromatic carbocycles. The van der Waals surface area contributed by atoms with Gasteiger partial charge >= 0.3 is 6.18 Å². The Kier molecular flexibility index (Phi) is 3.71. The largest absolute Gasteiger partial charge is 0.529 e. The fourth-order valence-electron chi connectivity index (χ4n) is 2.41. The van der Waals surface area contributed by atoms with Crippen molar-refractivity contribution in [2.24, 2.45) is 0 Å². The topological polar surface area (TPSA) is 57.9 Å². The van der Waals surface area contributed by atoms with Crippen molar-refractivity contribution < 1.29 is 27.5 Å². The van der Waals surface area contributed by atoms with Crippen molar-refractivity contribution in [1.82, 2.24) is 9.55 Å². The maximum absolute atomic E-state index is 13.2. The van der Waals surface area contributed by atoms with Crippen molar-refractivity contribution in [1.29, 1.82) is 0 Å². The molecule has 0 N–H and O–H groups in total. The maximum Gasteiger partial charge on any atom is 0.417 e. The van der Waals surface area contributed by atoms with E-state index in [4.69, 9.17) is 11.6 Å². The lowest BCUT2D eigenvalue weighted by atomic mass is 10.0. The van der Waals surface area contributed by atoms with Crippen LogP contribution in [0.1, 0.15) is 5.56 Å². The number of hydrogen-bond donors (Lipinski definition) is 0. The van der Waals surface area contributed by atoms with Crippen molar-refractivity contribution in [3.05, 3.63) is 52.9 Å². The Morgan fingerprint density at radius 2 is 1.88 bits per heavy atom. The fraction of sp³-hybridized carbons (Fsp3) is 0.0667. The van der Waals surface area contributed by atoms with Gasteiger partial charge in [0.2, 0.25) is 0 Å². The average molecular weight is 358 g/mol. The summed E-state index contributed by atoms with van der Waals surface area (Å²) in [6, 6.07) is 5.92. The molecule has 0 amide bonds. The van der Waals surface area contributed by atoms with Crippen LogP contribution < -0.4 is 5.11 Å². The molecule has 0 atom stereocenters. The first kappa shape index (κ1) is 16.3. The molecule has 4 nitrogen and oxygen atoms in total. The minimum Gasteiger partial charge on any atom is -0.529 e. The summed E-state index contributed by atoms with van der Waals surface area (Å²) in [5.41, 5.74) is -2.33. The minimum absolute atomic E-state index is 0.0372. The van der Waals surface area contributed by atoms with Gasteiger partial charge in [0.1, 0.15) is 22.7 Å². The van der Waals surface area contributed by atoms with Crippen molar-refractivity contribution in [2.75, 3.05) is 0 Å². The molecule has 3 aromatic rings. The van der Waals surface area contributed by atoms with Gasteiger partial charge in [-0.1, -0.05) is 11.6 Å². The number of pyridine rings is 1. The first-order valence-corrected chi connectivity index (χ1v) is 6.83. The zero-order valence-corrected chi connectivity index (χ0v) is 12.3. The van der Waals surface area contributed by atoms with E-state index in [2.05, 4.69) is 4.98 Å². The molecule has 9 heteroatoms. The number of rotatable bonds is 1. The first-order valence-electron chi connectivity index (χ1n) is 6.45. The van der Waals surface area contributed by atoms with Gasteiger partial charge in [0.25, 0.3) is 0 Å². The van der Waals surface area contributed by atoms with Crippen molar-refractivity contribution >= 4 is 28.7 Å². The number of carboxylic acid groups (broad SMARTS) is 1. The lowest BCUT2D eigenvalue weighted by molar-refractivity contribution is -0.249. The van der Waals surface area contributed by atoms with Crippen molar-refractivity contribution in [3.63, 3.8) is 0 Å². The molecule has 0 radical (unpaired) electrons. The van der Waals surface area contributed by atoms with Gasteiger partial charge in [-0.15, -0.1) is 0 Å². The number of carbonyl (C=O) groups excluding carboxylic acids is 1. The zero-order valence-electron chi connectivity index (χ0n) is 11.6. The molecular formula is C15H6ClF4N2O2-. The molecule has 2 heterocycles. The van der Waals surface area contributed by atoms with Gasteiger partial charge in [0.15, 0.2) is 0 Å². The Morgan fingerprint density at radius 1 is 1.17 bits per heavy atom. The van der Waals surface area contributed by atoms with Crippen LogP contribution in [0.5, 0.6) is 0 Å². The molecule has 0 unspecified atom stereocenters. The lowest BCUT2D eigenvalue weighted by Gasteiger charge is -2.16. The molecule has 0 bridgehead atoms. The number of carbonyl (C=O) groups is 1. The lowest BCUT2D eigenvalue weighted by Crippen LogP contribution is -2.29. The van der Waals surface area contributed by atoms with Gasteiger partial charge in [0, 0.05) is 10.9 Å². The Bertz CT molecular complexity index is 966. The van der Waals surface area contributed by atoms with Gasteiger partial charge in [0.05, 0.1) is 11.3 Å². The Balaban J connectivity index is 2.39. The van der Waals surface area contributed by atoms with Crippen LogP contribution in [0.25, 0.3) is 22.3 Å². The number of benzene rings is 1. The summed E-state index contributed by atoms with van der Waals surface area (Å²) in [6.45, 7) is 0. The number of aromatic nitrogens is 2. The molecular weight excluding hydrogens is 352 g/mol. The third kappa shape index (κ3) is 2.69. The first-order chi connectivity index (χ1) is 11.2. The summed E-state index contributed by atoms with van der Waals surface area (Å²) in [6.07, 6.45) is -6.66. The van der Waals surface area contributed by atoms with Crippen LogP contribution >= 0.6 is 11.6 Å². The van der Waals surface area contributed by atoms with Crippen LogP contribution in [0.2, 0.25) is 5.15 Å². The van der Waals surface area contributed by atoms with E-state index in [0.29, 0.717) is 10.6 Å². The monoisotopic (exact) mass is 357 g/mol. The normalized spacial score (nSPS) is 11.9. The molecule has 24 heavy (non-hydrogen) atoms. The predicted molar refractivity (Wildman–Crippen MR) is 75.9 cm³/mol. The van der Waals surface area contributed by atoms with E-state index in [1.165, 1.54) is 18.2 Å². The van der Waals surface area contributed by atoms with Crippen molar-refractivity contribution in [2.45, 2.75) is 6.18 Å². The molecule has 0 aliphatic rings. The maximum atomic E-state index is 13.2. The summed E-state index contributed by atoms with van der Waals surface area (Å²) in [5, 5.41) is 11.6. The highest BCUT2D eigenvalue weighted by molar-refractivity contribution is 6.29. The second kappa shape index (κ2) is 5.48. The van der Waals surface area contributed by atoms with E-state index < -0.39 is 29.2 Å². The number of halogens is 5. The number of nitrogens with zero attached hydrogens (tertiary/aromatic N) is 2. The Labute approximate surface area is 136 Å². The van der Waals surface area contributed by atoms with E-state index in [1.54, 1.807) is 0 Å². The molecule has 0 saturated carbocycles. The van der Waals surface area contributed by atoms with Crippen LogP contribution in [0.3, 0.4) is 0 Å². The van der Waals surface area contributed by atoms with E-state index in [9.17, 15) is 27.5 Å². The van der Waals surface area contributed by atoms with Crippen LogP contribution in [0.15, 0.2) is 36.4 Å². The fourth-order valence-corrected chi connectivity index (χ4v) is 2.55. The number of fused-ring (bicyclic) bond motifs is 1. The predicted octanol–water partition coefficient (Wildman–Crippen LogP) is 3.71. The van der Waals surface area contributed by atoms with Crippen LogP contribution in [-0.2, 0) is 6.18 Å². The van der Waals surface area contributed by atoms with E-state index >= 15 is 0 Å². The summed E-state index contributed by atoms with van der Waals surface area (Å²) < 4.78 is 53.3. The quantitative estimate of drug-likeness (QED) is 0.493. The van der Waals surface area contributed by atoms with Crippen molar-refractivity contribution in [3.8, 4) is 11.3 Å². The molecule has 124 valence electrons. The summed E-state index contributed by atoms with van der Waals surface area (Å²) in [4.78, 5) is 15.2. The number of alkyl halides is 3. The molecule has 2 aromatic heterocycles. The Morgan fingerprint density at radius 3 is 2.50 bits per heavy atom. The highest BCUT2D eigenvalue weighted by Gasteiger charge is 2.35. The van der Waals surface area contributed by atoms with Gasteiger partial charge in [-0.25, -0.2) is 9.37 Å². The van der Waals surface area contributed by atoms with Gasteiger partial charge < -0.3 is 9.90 Å². The van der Waals surface area contributed by atoms with Crippen LogP contribution in [0.4, 0.5) is 22.4 Å². The highest BCUT2D eigenvalue weighted by Crippen LogP contribution is 2.39.